The average molecular weight is 411 g/mol. The maximum Gasteiger partial charge on any atom is 0.161 e. The molecule has 0 aliphatic carbocycles. The summed E-state index contributed by atoms with van der Waals surface area (Å²) in [6.07, 6.45) is 4.37. The summed E-state index contributed by atoms with van der Waals surface area (Å²) in [5.41, 5.74) is 0.775. The molecule has 0 saturated carbocycles. The molecule has 1 saturated heterocycles. The minimum atomic E-state index is 0.00849. The Bertz CT molecular complexity index is 726. The van der Waals surface area contributed by atoms with Crippen LogP contribution in [-0.2, 0) is 4.43 Å². The molecule has 0 amide bonds. The highest BCUT2D eigenvalue weighted by Gasteiger charge is 1.96. The zero-order valence-corrected chi connectivity index (χ0v) is 18.1. The molecule has 1 aliphatic rings. The SMILES string of the molecule is C1CC[SiH2]OC1.C=Cc1ccccc1O.Oc1ccccc1.Oc1ccccc1. The van der Waals surface area contributed by atoms with Gasteiger partial charge in [0.05, 0.1) is 0 Å². The highest BCUT2D eigenvalue weighted by molar-refractivity contribution is 6.27. The van der Waals surface area contributed by atoms with Crippen LogP contribution in [0.2, 0.25) is 6.04 Å². The van der Waals surface area contributed by atoms with E-state index in [1.54, 1.807) is 66.7 Å². The van der Waals surface area contributed by atoms with Crippen molar-refractivity contribution in [2.45, 2.75) is 18.9 Å². The van der Waals surface area contributed by atoms with E-state index in [-0.39, 0.29) is 15.5 Å². The van der Waals surface area contributed by atoms with Crippen molar-refractivity contribution >= 4 is 15.8 Å². The second kappa shape index (κ2) is 16.0. The minimum Gasteiger partial charge on any atom is -0.508 e. The Labute approximate surface area is 175 Å². The van der Waals surface area contributed by atoms with Gasteiger partial charge < -0.3 is 19.7 Å². The summed E-state index contributed by atoms with van der Waals surface area (Å²) in [5.74, 6) is 0.928. The van der Waals surface area contributed by atoms with Crippen molar-refractivity contribution in [3.8, 4) is 17.2 Å². The fourth-order valence-corrected chi connectivity index (χ4v) is 3.37. The summed E-state index contributed by atoms with van der Waals surface area (Å²) in [4.78, 5) is 0. The number of phenolic OH excluding ortho intramolecular Hbond substituents is 3. The summed E-state index contributed by atoms with van der Waals surface area (Å²) >= 11 is 0. The van der Waals surface area contributed by atoms with Crippen LogP contribution in [0.15, 0.2) is 91.5 Å². The first-order chi connectivity index (χ1) is 14.1. The lowest BCUT2D eigenvalue weighted by Crippen LogP contribution is -2.06. The Morgan fingerprint density at radius 1 is 0.724 bits per heavy atom. The molecule has 0 spiro atoms. The number of rotatable bonds is 1. The fraction of sp³-hybridized carbons (Fsp3) is 0.167. The lowest BCUT2D eigenvalue weighted by Gasteiger charge is -2.07. The van der Waals surface area contributed by atoms with Crippen LogP contribution in [-0.4, -0.2) is 31.7 Å². The summed E-state index contributed by atoms with van der Waals surface area (Å²) in [5, 5.41) is 26.3. The smallest absolute Gasteiger partial charge is 0.161 e. The third kappa shape index (κ3) is 12.9. The van der Waals surface area contributed by atoms with Crippen molar-refractivity contribution in [2.24, 2.45) is 0 Å². The lowest BCUT2D eigenvalue weighted by atomic mass is 10.2. The second-order valence-electron chi connectivity index (χ2n) is 6.11. The highest BCUT2D eigenvalue weighted by atomic mass is 28.2. The van der Waals surface area contributed by atoms with Gasteiger partial charge in [0.2, 0.25) is 0 Å². The Hall–Kier alpha value is -3.02. The van der Waals surface area contributed by atoms with Gasteiger partial charge in [0, 0.05) is 12.2 Å². The summed E-state index contributed by atoms with van der Waals surface area (Å²) in [6, 6.07) is 25.9. The Morgan fingerprint density at radius 2 is 1.24 bits per heavy atom. The first-order valence-electron chi connectivity index (χ1n) is 9.59. The van der Waals surface area contributed by atoms with Crippen molar-refractivity contribution in [3.63, 3.8) is 0 Å². The zero-order valence-electron chi connectivity index (χ0n) is 16.7. The van der Waals surface area contributed by atoms with Gasteiger partial charge in [-0.25, -0.2) is 0 Å². The third-order valence-corrected chi connectivity index (χ3v) is 5.11. The summed E-state index contributed by atoms with van der Waals surface area (Å²) in [6.45, 7) is 4.59. The Morgan fingerprint density at radius 3 is 1.48 bits per heavy atom. The monoisotopic (exact) mass is 410 g/mol. The first-order valence-corrected chi connectivity index (χ1v) is 11.2. The van der Waals surface area contributed by atoms with E-state index in [1.807, 2.05) is 24.3 Å². The molecule has 1 aliphatic heterocycles. The van der Waals surface area contributed by atoms with E-state index in [2.05, 4.69) is 6.58 Å². The van der Waals surface area contributed by atoms with Gasteiger partial charge in [-0.05, 0) is 42.8 Å². The molecule has 5 heteroatoms. The van der Waals surface area contributed by atoms with E-state index < -0.39 is 0 Å². The molecule has 1 fully saturated rings. The highest BCUT2D eigenvalue weighted by Crippen LogP contribution is 2.15. The maximum absolute atomic E-state index is 9.04. The second-order valence-corrected chi connectivity index (χ2v) is 7.63. The molecule has 0 unspecified atom stereocenters. The van der Waals surface area contributed by atoms with Crippen LogP contribution < -0.4 is 0 Å². The van der Waals surface area contributed by atoms with Gasteiger partial charge in [0.25, 0.3) is 0 Å². The van der Waals surface area contributed by atoms with Gasteiger partial charge in [0.15, 0.2) is 9.76 Å². The largest absolute Gasteiger partial charge is 0.508 e. The third-order valence-electron chi connectivity index (χ3n) is 3.75. The molecule has 154 valence electrons. The van der Waals surface area contributed by atoms with Gasteiger partial charge in [-0.2, -0.15) is 0 Å². The molecule has 0 atom stereocenters. The fourth-order valence-electron chi connectivity index (χ4n) is 2.20. The van der Waals surface area contributed by atoms with Crippen LogP contribution in [0, 0.1) is 0 Å². The number of hydrogen-bond donors (Lipinski definition) is 3. The minimum absolute atomic E-state index is 0.00849. The van der Waals surface area contributed by atoms with Crippen molar-refractivity contribution in [2.75, 3.05) is 6.61 Å². The van der Waals surface area contributed by atoms with Crippen LogP contribution >= 0.6 is 0 Å². The maximum atomic E-state index is 9.04. The number of para-hydroxylation sites is 3. The van der Waals surface area contributed by atoms with Gasteiger partial charge in [-0.3, -0.25) is 0 Å². The van der Waals surface area contributed by atoms with E-state index in [0.29, 0.717) is 11.5 Å². The van der Waals surface area contributed by atoms with Gasteiger partial charge >= 0.3 is 0 Å². The van der Waals surface area contributed by atoms with Crippen LogP contribution in [0.3, 0.4) is 0 Å². The van der Waals surface area contributed by atoms with Gasteiger partial charge in [-0.15, -0.1) is 0 Å². The van der Waals surface area contributed by atoms with Crippen molar-refractivity contribution < 1.29 is 19.7 Å². The number of benzene rings is 3. The van der Waals surface area contributed by atoms with E-state index >= 15 is 0 Å². The number of phenols is 3. The molecule has 0 aromatic heterocycles. The lowest BCUT2D eigenvalue weighted by molar-refractivity contribution is 0.304. The van der Waals surface area contributed by atoms with Crippen molar-refractivity contribution in [1.82, 2.24) is 0 Å². The van der Waals surface area contributed by atoms with Crippen LogP contribution in [0.25, 0.3) is 6.08 Å². The molecular formula is C24H30O4Si. The molecule has 4 rings (SSSR count). The Balaban J connectivity index is 0.000000195. The topological polar surface area (TPSA) is 69.9 Å². The summed E-state index contributed by atoms with van der Waals surface area (Å²) in [7, 11) is 0.00849. The van der Waals surface area contributed by atoms with Crippen LogP contribution in [0.1, 0.15) is 18.4 Å². The van der Waals surface area contributed by atoms with Gasteiger partial charge in [0.1, 0.15) is 17.2 Å². The standard InChI is InChI=1S/C8H8O.2C6H6O.C4H10OSi/c1-2-7-5-3-4-6-8(7)9;2*7-6-4-2-1-3-5-6;1-2-4-6-5-3-1/h2-6,9H,1H2;2*1-5,7H;1-4,6H2. The number of aromatic hydroxyl groups is 3. The van der Waals surface area contributed by atoms with E-state index in [4.69, 9.17) is 19.7 Å². The van der Waals surface area contributed by atoms with E-state index in [1.165, 1.54) is 18.9 Å². The van der Waals surface area contributed by atoms with E-state index in [0.717, 1.165) is 12.2 Å². The van der Waals surface area contributed by atoms with Crippen LogP contribution in [0.5, 0.6) is 17.2 Å². The zero-order chi connectivity index (χ0) is 21.2. The molecule has 3 aromatic carbocycles. The molecule has 3 aromatic rings. The van der Waals surface area contributed by atoms with E-state index in [9.17, 15) is 0 Å². The molecule has 0 radical (unpaired) electrons. The van der Waals surface area contributed by atoms with Crippen molar-refractivity contribution in [1.29, 1.82) is 0 Å². The normalized spacial score (nSPS) is 12.7. The molecule has 0 bridgehead atoms. The molecule has 1 heterocycles. The molecule has 3 N–H and O–H groups in total. The van der Waals surface area contributed by atoms with Gasteiger partial charge in [-0.1, -0.05) is 73.7 Å². The predicted octanol–water partition coefficient (Wildman–Crippen LogP) is 5.12. The quantitative estimate of drug-likeness (QED) is 0.487. The van der Waals surface area contributed by atoms with Crippen molar-refractivity contribution in [3.05, 3.63) is 97.1 Å². The molecule has 4 nitrogen and oxygen atoms in total. The molecule has 29 heavy (non-hydrogen) atoms. The summed E-state index contributed by atoms with van der Waals surface area (Å²) < 4.78 is 5.21. The molecular weight excluding hydrogens is 380 g/mol. The predicted molar refractivity (Wildman–Crippen MR) is 123 cm³/mol. The first kappa shape index (κ1) is 24.0. The number of hydrogen-bond acceptors (Lipinski definition) is 4. The van der Waals surface area contributed by atoms with Crippen LogP contribution in [0.4, 0.5) is 0 Å². The average Bonchev–Trinajstić information content (AvgIpc) is 2.78. The Kier molecular flexibility index (Phi) is 13.2.